The monoisotopic (exact) mass is 310 g/mol. The van der Waals surface area contributed by atoms with Gasteiger partial charge in [0.1, 0.15) is 0 Å². The number of amides is 2. The van der Waals surface area contributed by atoms with E-state index in [0.29, 0.717) is 16.9 Å². The van der Waals surface area contributed by atoms with E-state index in [2.05, 4.69) is 10.6 Å². The van der Waals surface area contributed by atoms with Crippen LogP contribution in [0.15, 0.2) is 54.6 Å². The number of benzene rings is 2. The zero-order valence-electron chi connectivity index (χ0n) is 12.5. The van der Waals surface area contributed by atoms with Crippen LogP contribution >= 0.6 is 0 Å². The molecule has 1 fully saturated rings. The van der Waals surface area contributed by atoms with Crippen molar-refractivity contribution in [3.63, 3.8) is 0 Å². The largest absolute Gasteiger partial charge is 0.378 e. The van der Waals surface area contributed by atoms with Gasteiger partial charge in [0.05, 0.1) is 0 Å². The Bertz CT molecular complexity index is 694. The van der Waals surface area contributed by atoms with E-state index in [1.165, 1.54) is 0 Å². The molecule has 2 aromatic carbocycles. The predicted molar refractivity (Wildman–Crippen MR) is 87.8 cm³/mol. The van der Waals surface area contributed by atoms with Crippen LogP contribution in [-0.4, -0.2) is 16.9 Å². The van der Waals surface area contributed by atoms with Gasteiger partial charge in [-0.25, -0.2) is 0 Å². The van der Waals surface area contributed by atoms with E-state index in [1.54, 1.807) is 48.5 Å². The minimum Gasteiger partial charge on any atom is -0.378 e. The summed E-state index contributed by atoms with van der Waals surface area (Å²) in [7, 11) is 0. The zero-order chi connectivity index (χ0) is 16.2. The first-order valence-electron chi connectivity index (χ1n) is 7.58. The van der Waals surface area contributed by atoms with Crippen LogP contribution in [0, 0.1) is 5.92 Å². The zero-order valence-corrected chi connectivity index (χ0v) is 12.5. The molecule has 0 radical (unpaired) electrons. The van der Waals surface area contributed by atoms with Gasteiger partial charge in [0.25, 0.3) is 5.91 Å². The fraction of sp³-hybridized carbons (Fsp3) is 0.222. The van der Waals surface area contributed by atoms with Gasteiger partial charge in [-0.05, 0) is 42.7 Å². The minimum absolute atomic E-state index is 0.0429. The average Bonchev–Trinajstić information content (AvgIpc) is 3.42. The van der Waals surface area contributed by atoms with Crippen LogP contribution in [0.2, 0.25) is 0 Å². The maximum Gasteiger partial charge on any atom is 0.257 e. The quantitative estimate of drug-likeness (QED) is 0.794. The molecule has 1 unspecified atom stereocenters. The maximum absolute atomic E-state index is 12.0. The molecule has 1 aliphatic carbocycles. The van der Waals surface area contributed by atoms with Gasteiger partial charge in [0.2, 0.25) is 5.91 Å². The van der Waals surface area contributed by atoms with Crippen molar-refractivity contribution in [1.82, 2.24) is 0 Å². The molecule has 23 heavy (non-hydrogen) atoms. The van der Waals surface area contributed by atoms with Gasteiger partial charge in [-0.3, -0.25) is 9.59 Å². The van der Waals surface area contributed by atoms with E-state index in [1.807, 2.05) is 6.07 Å². The van der Waals surface area contributed by atoms with E-state index in [9.17, 15) is 14.7 Å². The number of aliphatic hydroxyl groups excluding tert-OH is 1. The molecule has 0 spiro atoms. The number of hydrogen-bond donors (Lipinski definition) is 3. The van der Waals surface area contributed by atoms with Crippen molar-refractivity contribution in [3.8, 4) is 0 Å². The second-order valence-electron chi connectivity index (χ2n) is 5.64. The van der Waals surface area contributed by atoms with Gasteiger partial charge in [-0.2, -0.15) is 0 Å². The standard InChI is InChI=1S/C18H18N2O3/c21-16(12-4-2-1-3-5-12)18(23)20-15-10-8-14(9-11-15)19-17(22)13-6-7-13/h1-5,8-11,13,16,21H,6-7H2,(H,19,22)(H,20,23). The molecule has 5 heteroatoms. The molecule has 1 saturated carbocycles. The summed E-state index contributed by atoms with van der Waals surface area (Å²) in [5, 5.41) is 15.5. The highest BCUT2D eigenvalue weighted by Crippen LogP contribution is 2.30. The molecule has 1 atom stereocenters. The number of rotatable bonds is 5. The fourth-order valence-corrected chi connectivity index (χ4v) is 2.22. The normalized spacial score (nSPS) is 14.8. The Morgan fingerprint density at radius 1 is 0.913 bits per heavy atom. The number of aliphatic hydroxyl groups is 1. The third-order valence-electron chi connectivity index (χ3n) is 3.73. The summed E-state index contributed by atoms with van der Waals surface area (Å²) in [4.78, 5) is 23.7. The second-order valence-corrected chi connectivity index (χ2v) is 5.64. The highest BCUT2D eigenvalue weighted by atomic mass is 16.3. The SMILES string of the molecule is O=C(Nc1ccc(NC(=O)C(O)c2ccccc2)cc1)C1CC1. The number of carbonyl (C=O) groups excluding carboxylic acids is 2. The van der Waals surface area contributed by atoms with Crippen molar-refractivity contribution < 1.29 is 14.7 Å². The van der Waals surface area contributed by atoms with Gasteiger partial charge in [0, 0.05) is 17.3 Å². The van der Waals surface area contributed by atoms with Crippen LogP contribution < -0.4 is 10.6 Å². The van der Waals surface area contributed by atoms with Crippen molar-refractivity contribution in [2.24, 2.45) is 5.92 Å². The summed E-state index contributed by atoms with van der Waals surface area (Å²) in [6, 6.07) is 15.6. The second kappa shape index (κ2) is 6.62. The Hall–Kier alpha value is -2.66. The summed E-state index contributed by atoms with van der Waals surface area (Å²) in [6.45, 7) is 0. The molecule has 5 nitrogen and oxygen atoms in total. The third kappa shape index (κ3) is 3.96. The molecule has 0 bridgehead atoms. The smallest absolute Gasteiger partial charge is 0.257 e. The van der Waals surface area contributed by atoms with E-state index >= 15 is 0 Å². The first-order valence-corrected chi connectivity index (χ1v) is 7.58. The van der Waals surface area contributed by atoms with Gasteiger partial charge in [-0.1, -0.05) is 30.3 Å². The van der Waals surface area contributed by atoms with Crippen LogP contribution in [0.4, 0.5) is 11.4 Å². The Balaban J connectivity index is 1.59. The number of nitrogens with one attached hydrogen (secondary N) is 2. The summed E-state index contributed by atoms with van der Waals surface area (Å²) in [6.07, 6.45) is 0.694. The highest BCUT2D eigenvalue weighted by Gasteiger charge is 2.29. The highest BCUT2D eigenvalue weighted by molar-refractivity contribution is 5.96. The Labute approximate surface area is 134 Å². The molecule has 0 aromatic heterocycles. The lowest BCUT2D eigenvalue weighted by atomic mass is 10.1. The van der Waals surface area contributed by atoms with Crippen LogP contribution in [0.1, 0.15) is 24.5 Å². The fourth-order valence-electron chi connectivity index (χ4n) is 2.22. The lowest BCUT2D eigenvalue weighted by Gasteiger charge is -2.12. The molecule has 2 aromatic rings. The number of hydrogen-bond acceptors (Lipinski definition) is 3. The van der Waals surface area contributed by atoms with Crippen molar-refractivity contribution in [1.29, 1.82) is 0 Å². The van der Waals surface area contributed by atoms with Crippen molar-refractivity contribution in [2.45, 2.75) is 18.9 Å². The van der Waals surface area contributed by atoms with Crippen LogP contribution in [0.25, 0.3) is 0 Å². The summed E-state index contributed by atoms with van der Waals surface area (Å²) < 4.78 is 0. The molecule has 2 amide bonds. The van der Waals surface area contributed by atoms with Crippen molar-refractivity contribution in [2.75, 3.05) is 10.6 Å². The van der Waals surface area contributed by atoms with Gasteiger partial charge >= 0.3 is 0 Å². The molecule has 0 aliphatic heterocycles. The van der Waals surface area contributed by atoms with Crippen LogP contribution in [0.3, 0.4) is 0 Å². The summed E-state index contributed by atoms with van der Waals surface area (Å²) in [5.74, 6) is -0.303. The summed E-state index contributed by atoms with van der Waals surface area (Å²) >= 11 is 0. The number of carbonyl (C=O) groups is 2. The molecular formula is C18H18N2O3. The first-order chi connectivity index (χ1) is 11.1. The molecule has 118 valence electrons. The Morgan fingerprint density at radius 2 is 1.48 bits per heavy atom. The lowest BCUT2D eigenvalue weighted by molar-refractivity contribution is -0.124. The van der Waals surface area contributed by atoms with E-state index < -0.39 is 12.0 Å². The van der Waals surface area contributed by atoms with E-state index in [-0.39, 0.29) is 11.8 Å². The van der Waals surface area contributed by atoms with Crippen molar-refractivity contribution >= 4 is 23.2 Å². The Morgan fingerprint density at radius 3 is 2.04 bits per heavy atom. The number of anilines is 2. The minimum atomic E-state index is -1.22. The van der Waals surface area contributed by atoms with Crippen LogP contribution in [0.5, 0.6) is 0 Å². The van der Waals surface area contributed by atoms with Gasteiger partial charge in [-0.15, -0.1) is 0 Å². The molecule has 0 heterocycles. The average molecular weight is 310 g/mol. The molecule has 1 aliphatic rings. The third-order valence-corrected chi connectivity index (χ3v) is 3.73. The lowest BCUT2D eigenvalue weighted by Crippen LogP contribution is -2.20. The molecule has 3 N–H and O–H groups in total. The van der Waals surface area contributed by atoms with Crippen molar-refractivity contribution in [3.05, 3.63) is 60.2 Å². The van der Waals surface area contributed by atoms with Gasteiger partial charge in [0.15, 0.2) is 6.10 Å². The predicted octanol–water partition coefficient (Wildman–Crippen LogP) is 2.71. The molecular weight excluding hydrogens is 292 g/mol. The Kier molecular flexibility index (Phi) is 4.39. The topological polar surface area (TPSA) is 78.4 Å². The van der Waals surface area contributed by atoms with Gasteiger partial charge < -0.3 is 15.7 Å². The summed E-state index contributed by atoms with van der Waals surface area (Å²) in [5.41, 5.74) is 1.80. The molecule has 0 saturated heterocycles. The first kappa shape index (κ1) is 15.2. The van der Waals surface area contributed by atoms with Crippen LogP contribution in [-0.2, 0) is 9.59 Å². The van der Waals surface area contributed by atoms with E-state index in [4.69, 9.17) is 0 Å². The molecule has 3 rings (SSSR count). The maximum atomic E-state index is 12.0. The van der Waals surface area contributed by atoms with E-state index in [0.717, 1.165) is 12.8 Å².